The molecule has 17 heavy (non-hydrogen) atoms. The molecule has 0 atom stereocenters. The van der Waals surface area contributed by atoms with Gasteiger partial charge in [-0.05, 0) is 32.0 Å². The maximum Gasteiger partial charge on any atom is 0.253 e. The van der Waals surface area contributed by atoms with Gasteiger partial charge in [0, 0.05) is 19.2 Å². The van der Waals surface area contributed by atoms with Crippen molar-refractivity contribution in [2.45, 2.75) is 13.8 Å². The first-order valence-corrected chi connectivity index (χ1v) is 5.70. The van der Waals surface area contributed by atoms with Crippen LogP contribution < -0.4 is 9.47 Å². The molecular weight excluding hydrogens is 218 g/mol. The number of rotatable bonds is 5. The van der Waals surface area contributed by atoms with Gasteiger partial charge in [0.2, 0.25) is 0 Å². The van der Waals surface area contributed by atoms with E-state index in [2.05, 4.69) is 0 Å². The number of amides is 1. The molecule has 0 aliphatic rings. The Morgan fingerprint density at radius 3 is 2.53 bits per heavy atom. The summed E-state index contributed by atoms with van der Waals surface area (Å²) in [6.07, 6.45) is 0. The molecule has 0 aromatic heterocycles. The Morgan fingerprint density at radius 1 is 1.29 bits per heavy atom. The van der Waals surface area contributed by atoms with Gasteiger partial charge in [-0.15, -0.1) is 0 Å². The molecule has 0 aliphatic carbocycles. The number of methoxy groups -OCH3 is 1. The number of ether oxygens (including phenoxy) is 2. The predicted octanol–water partition coefficient (Wildman–Crippen LogP) is 2.19. The Labute approximate surface area is 102 Å². The third kappa shape index (κ3) is 3.12. The van der Waals surface area contributed by atoms with Gasteiger partial charge in [-0.2, -0.15) is 0 Å². The number of hydrogen-bond acceptors (Lipinski definition) is 3. The summed E-state index contributed by atoms with van der Waals surface area (Å²) >= 11 is 0. The molecule has 94 valence electrons. The number of carbonyl (C=O) groups excluding carboxylic acids is 1. The van der Waals surface area contributed by atoms with Crippen LogP contribution in [0.2, 0.25) is 0 Å². The van der Waals surface area contributed by atoms with E-state index in [1.807, 2.05) is 13.8 Å². The molecule has 0 saturated carbocycles. The van der Waals surface area contributed by atoms with E-state index in [9.17, 15) is 4.79 Å². The first kappa shape index (κ1) is 13.4. The third-order valence-corrected chi connectivity index (χ3v) is 2.53. The molecule has 0 spiro atoms. The van der Waals surface area contributed by atoms with E-state index in [1.165, 1.54) is 0 Å². The molecule has 0 bridgehead atoms. The first-order valence-electron chi connectivity index (χ1n) is 5.70. The van der Waals surface area contributed by atoms with Gasteiger partial charge < -0.3 is 14.4 Å². The minimum absolute atomic E-state index is 0.0175. The third-order valence-electron chi connectivity index (χ3n) is 2.53. The van der Waals surface area contributed by atoms with Crippen LogP contribution in [0.5, 0.6) is 11.5 Å². The van der Waals surface area contributed by atoms with Crippen LogP contribution in [0.25, 0.3) is 0 Å². The van der Waals surface area contributed by atoms with E-state index < -0.39 is 0 Å². The Kier molecular flexibility index (Phi) is 4.82. The second-order valence-electron chi connectivity index (χ2n) is 3.62. The summed E-state index contributed by atoms with van der Waals surface area (Å²) in [7, 11) is 3.35. The normalized spacial score (nSPS) is 9.88. The summed E-state index contributed by atoms with van der Waals surface area (Å²) in [6, 6.07) is 5.22. The highest BCUT2D eigenvalue weighted by molar-refractivity contribution is 5.94. The smallest absolute Gasteiger partial charge is 0.253 e. The highest BCUT2D eigenvalue weighted by Crippen LogP contribution is 2.28. The molecule has 0 saturated heterocycles. The average molecular weight is 237 g/mol. The van der Waals surface area contributed by atoms with Crippen molar-refractivity contribution in [3.63, 3.8) is 0 Å². The van der Waals surface area contributed by atoms with Crippen molar-refractivity contribution in [3.8, 4) is 11.5 Å². The lowest BCUT2D eigenvalue weighted by molar-refractivity contribution is 0.0802. The van der Waals surface area contributed by atoms with Crippen molar-refractivity contribution in [1.29, 1.82) is 0 Å². The van der Waals surface area contributed by atoms with E-state index in [4.69, 9.17) is 9.47 Å². The topological polar surface area (TPSA) is 38.8 Å². The molecule has 1 aromatic carbocycles. The van der Waals surface area contributed by atoms with Crippen LogP contribution in [0.3, 0.4) is 0 Å². The van der Waals surface area contributed by atoms with Gasteiger partial charge in [0.1, 0.15) is 0 Å². The van der Waals surface area contributed by atoms with Gasteiger partial charge in [-0.3, -0.25) is 4.79 Å². The minimum Gasteiger partial charge on any atom is -0.493 e. The van der Waals surface area contributed by atoms with Crippen molar-refractivity contribution in [3.05, 3.63) is 23.8 Å². The Bertz CT molecular complexity index is 390. The van der Waals surface area contributed by atoms with E-state index in [0.717, 1.165) is 0 Å². The number of hydrogen-bond donors (Lipinski definition) is 0. The monoisotopic (exact) mass is 237 g/mol. The zero-order valence-corrected chi connectivity index (χ0v) is 10.8. The second-order valence-corrected chi connectivity index (χ2v) is 3.62. The predicted molar refractivity (Wildman–Crippen MR) is 66.8 cm³/mol. The lowest BCUT2D eigenvalue weighted by Gasteiger charge is -2.16. The molecule has 0 unspecified atom stereocenters. The quantitative estimate of drug-likeness (QED) is 0.788. The standard InChI is InChI=1S/C13H19NO3/c1-5-14(3)13(15)10-7-8-11(16-4)12(9-10)17-6-2/h7-9H,5-6H2,1-4H3. The van der Waals surface area contributed by atoms with Crippen molar-refractivity contribution in [1.82, 2.24) is 4.90 Å². The van der Waals surface area contributed by atoms with Crippen LogP contribution in [0.4, 0.5) is 0 Å². The second kappa shape index (κ2) is 6.13. The van der Waals surface area contributed by atoms with E-state index in [1.54, 1.807) is 37.3 Å². The molecule has 0 heterocycles. The fourth-order valence-electron chi connectivity index (χ4n) is 1.44. The number of benzene rings is 1. The van der Waals surface area contributed by atoms with Crippen LogP contribution in [0.15, 0.2) is 18.2 Å². The molecule has 0 N–H and O–H groups in total. The zero-order valence-electron chi connectivity index (χ0n) is 10.8. The average Bonchev–Trinajstić information content (AvgIpc) is 2.37. The first-order chi connectivity index (χ1) is 8.13. The van der Waals surface area contributed by atoms with Crippen LogP contribution in [-0.4, -0.2) is 38.1 Å². The van der Waals surface area contributed by atoms with E-state index in [0.29, 0.717) is 30.2 Å². The van der Waals surface area contributed by atoms with Gasteiger partial charge in [0.05, 0.1) is 13.7 Å². The minimum atomic E-state index is -0.0175. The van der Waals surface area contributed by atoms with Crippen LogP contribution in [0, 0.1) is 0 Å². The molecule has 1 rings (SSSR count). The summed E-state index contributed by atoms with van der Waals surface area (Å²) in [5.41, 5.74) is 0.610. The highest BCUT2D eigenvalue weighted by atomic mass is 16.5. The van der Waals surface area contributed by atoms with Gasteiger partial charge in [0.25, 0.3) is 5.91 Å². The molecule has 0 aliphatic heterocycles. The van der Waals surface area contributed by atoms with E-state index in [-0.39, 0.29) is 5.91 Å². The van der Waals surface area contributed by atoms with Crippen LogP contribution in [0.1, 0.15) is 24.2 Å². The molecule has 0 radical (unpaired) electrons. The summed E-state index contributed by atoms with van der Waals surface area (Å²) in [5.74, 6) is 1.23. The van der Waals surface area contributed by atoms with Crippen molar-refractivity contribution in [2.24, 2.45) is 0 Å². The maximum absolute atomic E-state index is 12.0. The molecule has 4 nitrogen and oxygen atoms in total. The summed E-state index contributed by atoms with van der Waals surface area (Å²) < 4.78 is 10.6. The SMILES string of the molecule is CCOc1cc(C(=O)N(C)CC)ccc1OC. The number of carbonyl (C=O) groups is 1. The highest BCUT2D eigenvalue weighted by Gasteiger charge is 2.13. The maximum atomic E-state index is 12.0. The van der Waals surface area contributed by atoms with Gasteiger partial charge >= 0.3 is 0 Å². The Balaban J connectivity index is 3.03. The summed E-state index contributed by atoms with van der Waals surface area (Å²) in [6.45, 7) is 5.05. The van der Waals surface area contributed by atoms with Crippen LogP contribution >= 0.6 is 0 Å². The van der Waals surface area contributed by atoms with Crippen molar-refractivity contribution < 1.29 is 14.3 Å². The molecule has 1 amide bonds. The van der Waals surface area contributed by atoms with Crippen molar-refractivity contribution >= 4 is 5.91 Å². The largest absolute Gasteiger partial charge is 0.493 e. The molecule has 1 aromatic rings. The molecule has 0 fully saturated rings. The lowest BCUT2D eigenvalue weighted by atomic mass is 10.2. The molecule has 4 heteroatoms. The fraction of sp³-hybridized carbons (Fsp3) is 0.462. The zero-order chi connectivity index (χ0) is 12.8. The number of nitrogens with zero attached hydrogens (tertiary/aromatic N) is 1. The summed E-state index contributed by atoms with van der Waals surface area (Å²) in [5, 5.41) is 0. The lowest BCUT2D eigenvalue weighted by Crippen LogP contribution is -2.26. The Morgan fingerprint density at radius 2 is 2.00 bits per heavy atom. The molecular formula is C13H19NO3. The van der Waals surface area contributed by atoms with Gasteiger partial charge in [-0.25, -0.2) is 0 Å². The van der Waals surface area contributed by atoms with Gasteiger partial charge in [0.15, 0.2) is 11.5 Å². The van der Waals surface area contributed by atoms with Crippen molar-refractivity contribution in [2.75, 3.05) is 27.3 Å². The summed E-state index contributed by atoms with van der Waals surface area (Å²) in [4.78, 5) is 13.6. The van der Waals surface area contributed by atoms with Gasteiger partial charge in [-0.1, -0.05) is 0 Å². The van der Waals surface area contributed by atoms with Crippen LogP contribution in [-0.2, 0) is 0 Å². The van der Waals surface area contributed by atoms with E-state index >= 15 is 0 Å². The Hall–Kier alpha value is -1.71. The fourth-order valence-corrected chi connectivity index (χ4v) is 1.44.